The Kier molecular flexibility index (Phi) is 3.38. The average Bonchev–Trinajstić information content (AvgIpc) is 1.93. The smallest absolute Gasteiger partial charge is 0.277 e. The van der Waals surface area contributed by atoms with Gasteiger partial charge in [-0.3, -0.25) is 0 Å². The third kappa shape index (κ3) is 2.71. The highest BCUT2D eigenvalue weighted by molar-refractivity contribution is 7.76. The molecule has 1 saturated heterocycles. The predicted octanol–water partition coefficient (Wildman–Crippen LogP) is 3.06. The van der Waals surface area contributed by atoms with E-state index < -0.39 is 7.73 Å². The van der Waals surface area contributed by atoms with Gasteiger partial charge in [0.2, 0.25) is 0 Å². The highest BCUT2D eigenvalue weighted by Gasteiger charge is 2.20. The maximum Gasteiger partial charge on any atom is 0.277 e. The van der Waals surface area contributed by atoms with Crippen LogP contribution in [0.25, 0.3) is 0 Å². The molecule has 0 aliphatic carbocycles. The van der Waals surface area contributed by atoms with E-state index in [0.717, 1.165) is 12.8 Å². The van der Waals surface area contributed by atoms with E-state index in [2.05, 4.69) is 0 Å². The zero-order valence-electron chi connectivity index (χ0n) is 6.21. The molecule has 0 aromatic rings. The Bertz CT molecular complexity index is 99.9. The van der Waals surface area contributed by atoms with Crippen LogP contribution in [-0.4, -0.2) is 12.2 Å². The van der Waals surface area contributed by atoms with Crippen molar-refractivity contribution in [1.29, 1.82) is 0 Å². The van der Waals surface area contributed by atoms with Crippen LogP contribution in [0.3, 0.4) is 0 Å². The highest BCUT2D eigenvalue weighted by Crippen LogP contribution is 2.48. The first kappa shape index (κ1) is 8.73. The van der Waals surface area contributed by atoms with Crippen molar-refractivity contribution >= 4 is 19.0 Å². The van der Waals surface area contributed by atoms with E-state index in [-0.39, 0.29) is 12.2 Å². The molecule has 0 amide bonds. The first-order chi connectivity index (χ1) is 4.68. The van der Waals surface area contributed by atoms with Gasteiger partial charge < -0.3 is 9.05 Å². The van der Waals surface area contributed by atoms with Gasteiger partial charge in [0.05, 0.1) is 12.2 Å². The Morgan fingerprint density at radius 2 is 1.60 bits per heavy atom. The van der Waals surface area contributed by atoms with Crippen molar-refractivity contribution in [3.8, 4) is 0 Å². The Morgan fingerprint density at radius 3 is 2.00 bits per heavy atom. The van der Waals surface area contributed by atoms with E-state index in [1.807, 2.05) is 13.8 Å². The molecule has 0 aromatic heterocycles. The summed E-state index contributed by atoms with van der Waals surface area (Å²) in [5, 5.41) is 0. The number of rotatable bonds is 0. The quantitative estimate of drug-likeness (QED) is 0.536. The lowest BCUT2D eigenvalue weighted by atomic mass is 10.1. The fourth-order valence-corrected chi connectivity index (χ4v) is 2.53. The molecule has 1 heterocycles. The minimum absolute atomic E-state index is 0.258. The molecule has 10 heavy (non-hydrogen) atoms. The van der Waals surface area contributed by atoms with Crippen LogP contribution in [0.15, 0.2) is 0 Å². The van der Waals surface area contributed by atoms with Crippen LogP contribution < -0.4 is 0 Å². The lowest BCUT2D eigenvalue weighted by molar-refractivity contribution is 0.216. The summed E-state index contributed by atoms with van der Waals surface area (Å²) in [5.74, 6) is 0. The predicted molar refractivity (Wildman–Crippen MR) is 43.1 cm³/mol. The number of hydrogen-bond acceptors (Lipinski definition) is 2. The minimum atomic E-state index is -1.12. The molecule has 2 nitrogen and oxygen atoms in total. The van der Waals surface area contributed by atoms with Crippen LogP contribution in [0.5, 0.6) is 0 Å². The van der Waals surface area contributed by atoms with E-state index in [9.17, 15) is 0 Å². The van der Waals surface area contributed by atoms with Crippen molar-refractivity contribution in [2.75, 3.05) is 0 Å². The molecule has 0 saturated carbocycles. The molecule has 0 bridgehead atoms. The van der Waals surface area contributed by atoms with Crippen LogP contribution in [0, 0.1) is 0 Å². The van der Waals surface area contributed by atoms with E-state index in [1.54, 1.807) is 0 Å². The molecule has 1 fully saturated rings. The molecule has 1 aliphatic heterocycles. The van der Waals surface area contributed by atoms with Crippen LogP contribution in [0.1, 0.15) is 26.7 Å². The largest absolute Gasteiger partial charge is 0.319 e. The summed E-state index contributed by atoms with van der Waals surface area (Å²) >= 11 is 5.73. The highest BCUT2D eigenvalue weighted by atomic mass is 35.7. The summed E-state index contributed by atoms with van der Waals surface area (Å²) in [6, 6.07) is 0. The molecule has 1 rings (SSSR count). The lowest BCUT2D eigenvalue weighted by Gasteiger charge is -2.10. The van der Waals surface area contributed by atoms with E-state index in [0.29, 0.717) is 0 Å². The van der Waals surface area contributed by atoms with Crippen molar-refractivity contribution in [3.05, 3.63) is 0 Å². The van der Waals surface area contributed by atoms with E-state index >= 15 is 0 Å². The van der Waals surface area contributed by atoms with Gasteiger partial charge in [-0.05, 0) is 37.9 Å². The molecular weight excluding hydrogens is 170 g/mol. The van der Waals surface area contributed by atoms with Crippen molar-refractivity contribution < 1.29 is 9.05 Å². The molecule has 2 atom stereocenters. The van der Waals surface area contributed by atoms with Gasteiger partial charge in [-0.15, -0.1) is 0 Å². The van der Waals surface area contributed by atoms with Gasteiger partial charge in [0.25, 0.3) is 7.73 Å². The second-order valence-corrected chi connectivity index (χ2v) is 4.30. The average molecular weight is 183 g/mol. The molecule has 0 N–H and O–H groups in total. The van der Waals surface area contributed by atoms with Crippen molar-refractivity contribution in [1.82, 2.24) is 0 Å². The normalized spacial score (nSPS) is 42.9. The number of halogens is 1. The van der Waals surface area contributed by atoms with Gasteiger partial charge >= 0.3 is 0 Å². The first-order valence-corrected chi connectivity index (χ1v) is 5.56. The Hall–Kier alpha value is 0.640. The molecule has 2 unspecified atom stereocenters. The monoisotopic (exact) mass is 182 g/mol. The molecule has 0 spiro atoms. The van der Waals surface area contributed by atoms with Gasteiger partial charge in [0.15, 0.2) is 0 Å². The van der Waals surface area contributed by atoms with Crippen LogP contribution in [0.2, 0.25) is 0 Å². The maximum atomic E-state index is 5.73. The number of hydrogen-bond donors (Lipinski definition) is 0. The van der Waals surface area contributed by atoms with Crippen molar-refractivity contribution in [2.45, 2.75) is 38.9 Å². The minimum Gasteiger partial charge on any atom is -0.319 e. The van der Waals surface area contributed by atoms with Crippen LogP contribution in [-0.2, 0) is 9.05 Å². The summed E-state index contributed by atoms with van der Waals surface area (Å²) in [7, 11) is -1.12. The Labute approximate surface area is 67.6 Å². The standard InChI is InChI=1S/C6H12ClO2P/c1-5-3-4-6(2)9-10(7)8-5/h5-6H,3-4H2,1-2H3. The summed E-state index contributed by atoms with van der Waals surface area (Å²) in [5.41, 5.74) is 0. The summed E-state index contributed by atoms with van der Waals surface area (Å²) < 4.78 is 10.6. The SMILES string of the molecule is CC1CCC(C)OP(Cl)O1. The molecule has 60 valence electrons. The Balaban J connectivity index is 2.38. The van der Waals surface area contributed by atoms with Gasteiger partial charge in [-0.25, -0.2) is 0 Å². The fraction of sp³-hybridized carbons (Fsp3) is 1.00. The summed E-state index contributed by atoms with van der Waals surface area (Å²) in [6.07, 6.45) is 2.61. The molecular formula is C6H12ClO2P. The first-order valence-electron chi connectivity index (χ1n) is 3.48. The molecule has 0 radical (unpaired) electrons. The zero-order chi connectivity index (χ0) is 7.56. The Morgan fingerprint density at radius 1 is 1.20 bits per heavy atom. The van der Waals surface area contributed by atoms with Gasteiger partial charge in [0, 0.05) is 0 Å². The second kappa shape index (κ2) is 3.87. The van der Waals surface area contributed by atoms with Crippen molar-refractivity contribution in [3.63, 3.8) is 0 Å². The topological polar surface area (TPSA) is 18.5 Å². The van der Waals surface area contributed by atoms with Gasteiger partial charge in [0.1, 0.15) is 0 Å². The van der Waals surface area contributed by atoms with Crippen LogP contribution >= 0.6 is 19.0 Å². The molecule has 1 aliphatic rings. The van der Waals surface area contributed by atoms with Gasteiger partial charge in [-0.1, -0.05) is 0 Å². The second-order valence-electron chi connectivity index (χ2n) is 2.62. The van der Waals surface area contributed by atoms with Crippen molar-refractivity contribution in [2.24, 2.45) is 0 Å². The van der Waals surface area contributed by atoms with Gasteiger partial charge in [-0.2, -0.15) is 0 Å². The third-order valence-electron chi connectivity index (χ3n) is 1.51. The molecule has 0 aromatic carbocycles. The summed E-state index contributed by atoms with van der Waals surface area (Å²) in [4.78, 5) is 0. The van der Waals surface area contributed by atoms with E-state index in [1.165, 1.54) is 0 Å². The fourth-order valence-electron chi connectivity index (χ4n) is 0.883. The van der Waals surface area contributed by atoms with Crippen LogP contribution in [0.4, 0.5) is 0 Å². The van der Waals surface area contributed by atoms with E-state index in [4.69, 9.17) is 20.3 Å². The lowest BCUT2D eigenvalue weighted by Crippen LogP contribution is -2.03. The maximum absolute atomic E-state index is 5.73. The third-order valence-corrected chi connectivity index (χ3v) is 3.03. The molecule has 4 heteroatoms. The summed E-state index contributed by atoms with van der Waals surface area (Å²) in [6.45, 7) is 4.05. The zero-order valence-corrected chi connectivity index (χ0v) is 7.86.